The lowest BCUT2D eigenvalue weighted by Gasteiger charge is -2.03. The van der Waals surface area contributed by atoms with Gasteiger partial charge in [-0.25, -0.2) is 0 Å². The normalized spacial score (nSPS) is 10.5. The number of benzene rings is 1. The first-order valence-corrected chi connectivity index (χ1v) is 4.99. The minimum Gasteiger partial charge on any atom is -0.294 e. The highest BCUT2D eigenvalue weighted by Gasteiger charge is 2.08. The lowest BCUT2D eigenvalue weighted by Crippen LogP contribution is -1.99. The Morgan fingerprint density at radius 2 is 2.07 bits per heavy atom. The predicted octanol–water partition coefficient (Wildman–Crippen LogP) is 3.03. The van der Waals surface area contributed by atoms with Crippen LogP contribution in [0.25, 0.3) is 10.9 Å². The van der Waals surface area contributed by atoms with Gasteiger partial charge in [0.05, 0.1) is 5.52 Å². The summed E-state index contributed by atoms with van der Waals surface area (Å²) in [6.45, 7) is 3.69. The van der Waals surface area contributed by atoms with Crippen molar-refractivity contribution in [2.75, 3.05) is 0 Å². The predicted molar refractivity (Wildman–Crippen MR) is 60.7 cm³/mol. The van der Waals surface area contributed by atoms with E-state index in [9.17, 15) is 4.79 Å². The molecule has 0 spiro atoms. The van der Waals surface area contributed by atoms with E-state index in [4.69, 9.17) is 0 Å². The van der Waals surface area contributed by atoms with E-state index in [0.29, 0.717) is 12.8 Å². The van der Waals surface area contributed by atoms with Crippen molar-refractivity contribution in [3.63, 3.8) is 0 Å². The van der Waals surface area contributed by atoms with E-state index in [0.717, 1.165) is 16.5 Å². The van der Waals surface area contributed by atoms with Gasteiger partial charge in [-0.05, 0) is 18.6 Å². The Balaban J connectivity index is 2.56. The molecule has 1 aromatic heterocycles. The number of carbonyl (C=O) groups excluding carboxylic acids is 1. The molecule has 1 heterocycles. The highest BCUT2D eigenvalue weighted by Crippen LogP contribution is 2.17. The van der Waals surface area contributed by atoms with Crippen LogP contribution in [0.15, 0.2) is 36.5 Å². The van der Waals surface area contributed by atoms with Crippen molar-refractivity contribution in [1.82, 2.24) is 4.98 Å². The van der Waals surface area contributed by atoms with Crippen LogP contribution in [0.2, 0.25) is 0 Å². The third kappa shape index (κ3) is 1.89. The number of rotatable bonds is 3. The van der Waals surface area contributed by atoms with Gasteiger partial charge in [0.15, 0.2) is 5.78 Å². The van der Waals surface area contributed by atoms with Gasteiger partial charge in [-0.1, -0.05) is 25.1 Å². The monoisotopic (exact) mass is 198 g/mol. The number of aromatic nitrogens is 1. The van der Waals surface area contributed by atoms with Crippen molar-refractivity contribution in [2.45, 2.75) is 12.8 Å². The molecule has 0 N–H and O–H groups in total. The summed E-state index contributed by atoms with van der Waals surface area (Å²) in [5.41, 5.74) is 1.62. The number of ketones is 1. The minimum atomic E-state index is 0.142. The standard InChI is InChI=1S/C13H12NO/c1-2-5-13(15)11-8-9-14-12-7-4-3-6-10(11)12/h3-4,6-9H,1-2,5H2. The Kier molecular flexibility index (Phi) is 2.77. The van der Waals surface area contributed by atoms with Gasteiger partial charge in [0.2, 0.25) is 0 Å². The van der Waals surface area contributed by atoms with Crippen LogP contribution >= 0.6 is 0 Å². The number of para-hydroxylation sites is 1. The fourth-order valence-corrected chi connectivity index (χ4v) is 1.63. The molecule has 75 valence electrons. The minimum absolute atomic E-state index is 0.142. The molecular formula is C13H12NO. The van der Waals surface area contributed by atoms with Crippen molar-refractivity contribution in [3.8, 4) is 0 Å². The Labute approximate surface area is 89.0 Å². The summed E-state index contributed by atoms with van der Waals surface area (Å²) in [4.78, 5) is 16.0. The summed E-state index contributed by atoms with van der Waals surface area (Å²) >= 11 is 0. The van der Waals surface area contributed by atoms with Crippen molar-refractivity contribution in [1.29, 1.82) is 0 Å². The number of hydrogen-bond donors (Lipinski definition) is 0. The number of nitrogens with zero attached hydrogens (tertiary/aromatic N) is 1. The SMILES string of the molecule is [CH2]CCC(=O)c1ccnc2ccccc12. The summed E-state index contributed by atoms with van der Waals surface area (Å²) < 4.78 is 0. The van der Waals surface area contributed by atoms with Crippen molar-refractivity contribution in [2.24, 2.45) is 0 Å². The van der Waals surface area contributed by atoms with Crippen molar-refractivity contribution >= 4 is 16.7 Å². The molecule has 0 fully saturated rings. The molecule has 0 saturated heterocycles. The van der Waals surface area contributed by atoms with Gasteiger partial charge in [-0.15, -0.1) is 0 Å². The van der Waals surface area contributed by atoms with E-state index < -0.39 is 0 Å². The van der Waals surface area contributed by atoms with Gasteiger partial charge in [0, 0.05) is 23.6 Å². The number of pyridine rings is 1. The summed E-state index contributed by atoms with van der Waals surface area (Å²) in [7, 11) is 0. The van der Waals surface area contributed by atoms with E-state index in [1.165, 1.54) is 0 Å². The van der Waals surface area contributed by atoms with Gasteiger partial charge in [-0.2, -0.15) is 0 Å². The molecule has 1 radical (unpaired) electrons. The molecule has 0 unspecified atom stereocenters. The largest absolute Gasteiger partial charge is 0.294 e. The second-order valence-corrected chi connectivity index (χ2v) is 3.40. The Hall–Kier alpha value is -1.70. The number of hydrogen-bond acceptors (Lipinski definition) is 2. The quantitative estimate of drug-likeness (QED) is 0.709. The van der Waals surface area contributed by atoms with Gasteiger partial charge in [0.25, 0.3) is 0 Å². The maximum absolute atomic E-state index is 11.8. The van der Waals surface area contributed by atoms with Crippen LogP contribution in [0.1, 0.15) is 23.2 Å². The number of fused-ring (bicyclic) bond motifs is 1. The van der Waals surface area contributed by atoms with E-state index in [1.807, 2.05) is 24.3 Å². The van der Waals surface area contributed by atoms with Gasteiger partial charge in [0.1, 0.15) is 0 Å². The molecule has 0 aliphatic carbocycles. The van der Waals surface area contributed by atoms with Crippen LogP contribution in [0.4, 0.5) is 0 Å². The Morgan fingerprint density at radius 3 is 2.87 bits per heavy atom. The van der Waals surface area contributed by atoms with Gasteiger partial charge >= 0.3 is 0 Å². The molecule has 2 aromatic rings. The van der Waals surface area contributed by atoms with Crippen LogP contribution < -0.4 is 0 Å². The first-order valence-electron chi connectivity index (χ1n) is 4.99. The maximum Gasteiger partial charge on any atom is 0.163 e. The van der Waals surface area contributed by atoms with Crippen molar-refractivity contribution < 1.29 is 4.79 Å². The summed E-state index contributed by atoms with van der Waals surface area (Å²) in [5.74, 6) is 0.142. The molecule has 0 saturated carbocycles. The average molecular weight is 198 g/mol. The van der Waals surface area contributed by atoms with Crippen LogP contribution in [-0.2, 0) is 0 Å². The molecule has 2 heteroatoms. The molecule has 2 nitrogen and oxygen atoms in total. The summed E-state index contributed by atoms with van der Waals surface area (Å²) in [6, 6.07) is 9.46. The van der Waals surface area contributed by atoms with E-state index >= 15 is 0 Å². The lowest BCUT2D eigenvalue weighted by molar-refractivity contribution is 0.0985. The smallest absolute Gasteiger partial charge is 0.163 e. The zero-order chi connectivity index (χ0) is 10.7. The first kappa shape index (κ1) is 9.84. The molecule has 0 aliphatic heterocycles. The zero-order valence-corrected chi connectivity index (χ0v) is 8.44. The zero-order valence-electron chi connectivity index (χ0n) is 8.44. The average Bonchev–Trinajstić information content (AvgIpc) is 2.28. The summed E-state index contributed by atoms with van der Waals surface area (Å²) in [6.07, 6.45) is 2.81. The van der Waals surface area contributed by atoms with Crippen LogP contribution in [0.5, 0.6) is 0 Å². The fraction of sp³-hybridized carbons (Fsp3) is 0.154. The molecule has 0 aliphatic rings. The van der Waals surface area contributed by atoms with Crippen molar-refractivity contribution in [3.05, 3.63) is 49.0 Å². The van der Waals surface area contributed by atoms with E-state index in [2.05, 4.69) is 11.9 Å². The molecule has 1 aromatic carbocycles. The number of carbonyl (C=O) groups is 1. The van der Waals surface area contributed by atoms with Gasteiger partial charge < -0.3 is 0 Å². The molecule has 2 rings (SSSR count). The molecular weight excluding hydrogens is 186 g/mol. The van der Waals surface area contributed by atoms with Crippen LogP contribution in [0, 0.1) is 6.92 Å². The van der Waals surface area contributed by atoms with E-state index in [1.54, 1.807) is 12.3 Å². The van der Waals surface area contributed by atoms with Crippen LogP contribution in [-0.4, -0.2) is 10.8 Å². The van der Waals surface area contributed by atoms with Gasteiger partial charge in [-0.3, -0.25) is 9.78 Å². The Bertz CT molecular complexity index is 485. The highest BCUT2D eigenvalue weighted by atomic mass is 16.1. The molecule has 0 amide bonds. The molecule has 0 bridgehead atoms. The third-order valence-corrected chi connectivity index (χ3v) is 2.35. The van der Waals surface area contributed by atoms with Crippen LogP contribution in [0.3, 0.4) is 0 Å². The topological polar surface area (TPSA) is 30.0 Å². The fourth-order valence-electron chi connectivity index (χ4n) is 1.63. The first-order chi connectivity index (χ1) is 7.33. The highest BCUT2D eigenvalue weighted by molar-refractivity contribution is 6.07. The second-order valence-electron chi connectivity index (χ2n) is 3.40. The Morgan fingerprint density at radius 1 is 1.27 bits per heavy atom. The number of Topliss-reactive ketones (excluding diaryl/α,β-unsaturated/α-hetero) is 1. The molecule has 0 atom stereocenters. The molecule has 15 heavy (non-hydrogen) atoms. The van der Waals surface area contributed by atoms with E-state index in [-0.39, 0.29) is 5.78 Å². The summed E-state index contributed by atoms with van der Waals surface area (Å²) in [5, 5.41) is 0.929. The maximum atomic E-state index is 11.8. The lowest BCUT2D eigenvalue weighted by atomic mass is 10.0. The second kappa shape index (κ2) is 4.22. The third-order valence-electron chi connectivity index (χ3n) is 2.35.